The first-order chi connectivity index (χ1) is 16.1. The maximum atomic E-state index is 12.0. The molecule has 1 aliphatic rings. The molecule has 0 aliphatic carbocycles. The van der Waals surface area contributed by atoms with E-state index in [4.69, 9.17) is 9.72 Å². The van der Waals surface area contributed by atoms with Crippen molar-refractivity contribution in [1.29, 1.82) is 0 Å². The summed E-state index contributed by atoms with van der Waals surface area (Å²) in [6.45, 7) is 8.86. The Hall–Kier alpha value is -2.17. The summed E-state index contributed by atoms with van der Waals surface area (Å²) in [7, 11) is 4.07. The van der Waals surface area contributed by atoms with E-state index < -0.39 is 5.60 Å². The number of ether oxygens (including phenoxy) is 1. The van der Waals surface area contributed by atoms with Crippen molar-refractivity contribution < 1.29 is 9.53 Å². The molecule has 4 heterocycles. The molecule has 184 valence electrons. The van der Waals surface area contributed by atoms with Gasteiger partial charge in [0, 0.05) is 45.2 Å². The first-order valence-electron chi connectivity index (χ1n) is 11.6. The van der Waals surface area contributed by atoms with Gasteiger partial charge in [-0.05, 0) is 78.5 Å². The normalized spacial score (nSPS) is 17.2. The van der Waals surface area contributed by atoms with Crippen LogP contribution in [0.5, 0.6) is 0 Å². The van der Waals surface area contributed by atoms with Crippen molar-refractivity contribution in [2.75, 3.05) is 45.2 Å². The average Bonchev–Trinajstić information content (AvgIpc) is 3.41. The number of alkyl carbamates (subject to hydrolysis) is 1. The van der Waals surface area contributed by atoms with E-state index in [9.17, 15) is 4.79 Å². The average molecular weight is 550 g/mol. The Labute approximate surface area is 213 Å². The number of carbonyl (C=O) groups excluding carboxylic acids is 1. The zero-order chi connectivity index (χ0) is 24.5. The fourth-order valence-corrected chi connectivity index (χ4v) is 5.96. The topological polar surface area (TPSA) is 75.0 Å². The van der Waals surface area contributed by atoms with Gasteiger partial charge in [0.05, 0.1) is 16.4 Å². The van der Waals surface area contributed by atoms with Gasteiger partial charge in [0.15, 0.2) is 5.65 Å². The summed E-state index contributed by atoms with van der Waals surface area (Å²) in [5.41, 5.74) is 3.65. The van der Waals surface area contributed by atoms with Gasteiger partial charge in [0.1, 0.15) is 11.4 Å². The highest BCUT2D eigenvalue weighted by molar-refractivity contribution is 9.10. The molecule has 0 radical (unpaired) electrons. The Kier molecular flexibility index (Phi) is 7.49. The Bertz CT molecular complexity index is 1140. The highest BCUT2D eigenvalue weighted by Crippen LogP contribution is 2.38. The number of anilines is 1. The first kappa shape index (κ1) is 24.9. The number of thiophene rings is 1. The van der Waals surface area contributed by atoms with Crippen LogP contribution >= 0.6 is 27.3 Å². The number of hydrogen-bond donors (Lipinski definition) is 1. The third kappa shape index (κ3) is 5.55. The molecule has 1 aliphatic heterocycles. The van der Waals surface area contributed by atoms with E-state index in [1.165, 1.54) is 0 Å². The Balaban J connectivity index is 1.55. The smallest absolute Gasteiger partial charge is 0.407 e. The van der Waals surface area contributed by atoms with Gasteiger partial charge in [-0.15, -0.1) is 0 Å². The molecule has 1 unspecified atom stereocenters. The van der Waals surface area contributed by atoms with Crippen LogP contribution in [0, 0.1) is 0 Å². The largest absolute Gasteiger partial charge is 0.444 e. The highest BCUT2D eigenvalue weighted by Gasteiger charge is 2.28. The standard InChI is InChI=1S/C24H33BrN6O2S/c1-24(2,3)33-23(32)26-9-11-30-10-6-7-16(14-30)20-19(25)22(29(4)5)31-21(28-20)18(13-27-31)17-8-12-34-15-17/h8,12-13,15-16H,6-7,9-11,14H2,1-5H3,(H,26,32). The summed E-state index contributed by atoms with van der Waals surface area (Å²) < 4.78 is 8.26. The fraction of sp³-hybridized carbons (Fsp3) is 0.542. The van der Waals surface area contributed by atoms with E-state index in [0.717, 1.165) is 65.2 Å². The quantitative estimate of drug-likeness (QED) is 0.467. The Morgan fingerprint density at radius 3 is 2.85 bits per heavy atom. The molecule has 3 aromatic rings. The van der Waals surface area contributed by atoms with Crippen LogP contribution in [-0.4, -0.2) is 71.5 Å². The van der Waals surface area contributed by atoms with Crippen molar-refractivity contribution >= 4 is 44.8 Å². The molecule has 1 amide bonds. The second-order valence-electron chi connectivity index (χ2n) is 9.90. The summed E-state index contributed by atoms with van der Waals surface area (Å²) in [6.07, 6.45) is 3.70. The van der Waals surface area contributed by atoms with E-state index in [1.807, 2.05) is 45.6 Å². The summed E-state index contributed by atoms with van der Waals surface area (Å²) in [4.78, 5) is 21.6. The number of amides is 1. The van der Waals surface area contributed by atoms with Gasteiger partial charge >= 0.3 is 6.09 Å². The Morgan fingerprint density at radius 1 is 1.38 bits per heavy atom. The van der Waals surface area contributed by atoms with E-state index in [0.29, 0.717) is 12.5 Å². The van der Waals surface area contributed by atoms with Gasteiger partial charge in [-0.25, -0.2) is 9.78 Å². The fourth-order valence-electron chi connectivity index (χ4n) is 4.36. The van der Waals surface area contributed by atoms with Gasteiger partial charge in [0.25, 0.3) is 0 Å². The number of nitrogens with zero attached hydrogens (tertiary/aromatic N) is 5. The van der Waals surface area contributed by atoms with Crippen molar-refractivity contribution in [3.63, 3.8) is 0 Å². The molecule has 1 N–H and O–H groups in total. The second-order valence-corrected chi connectivity index (χ2v) is 11.5. The van der Waals surface area contributed by atoms with Gasteiger partial charge in [-0.1, -0.05) is 0 Å². The SMILES string of the molecule is CN(C)c1c(Br)c(C2CCCN(CCNC(=O)OC(C)(C)C)C2)nc2c(-c3ccsc3)cnn12. The number of nitrogens with one attached hydrogen (secondary N) is 1. The molecule has 1 saturated heterocycles. The molecular weight excluding hydrogens is 516 g/mol. The van der Waals surface area contributed by atoms with Crippen LogP contribution in [0.3, 0.4) is 0 Å². The third-order valence-electron chi connectivity index (χ3n) is 5.84. The van der Waals surface area contributed by atoms with Crippen LogP contribution in [0.15, 0.2) is 27.5 Å². The number of aromatic nitrogens is 3. The number of piperidine rings is 1. The lowest BCUT2D eigenvalue weighted by atomic mass is 9.94. The summed E-state index contributed by atoms with van der Waals surface area (Å²) >= 11 is 5.54. The predicted octanol–water partition coefficient (Wildman–Crippen LogP) is 4.99. The zero-order valence-electron chi connectivity index (χ0n) is 20.5. The van der Waals surface area contributed by atoms with Crippen LogP contribution < -0.4 is 10.2 Å². The maximum absolute atomic E-state index is 12.0. The van der Waals surface area contributed by atoms with Crippen molar-refractivity contribution in [3.05, 3.63) is 33.2 Å². The van der Waals surface area contributed by atoms with Crippen LogP contribution in [0.25, 0.3) is 16.8 Å². The van der Waals surface area contributed by atoms with Crippen molar-refractivity contribution in [3.8, 4) is 11.1 Å². The van der Waals surface area contributed by atoms with E-state index in [2.05, 4.69) is 53.0 Å². The van der Waals surface area contributed by atoms with Gasteiger partial charge < -0.3 is 19.9 Å². The molecule has 3 aromatic heterocycles. The number of rotatable bonds is 6. The lowest BCUT2D eigenvalue weighted by molar-refractivity contribution is 0.0520. The molecule has 0 bridgehead atoms. The number of likely N-dealkylation sites (tertiary alicyclic amines) is 1. The van der Waals surface area contributed by atoms with Crippen molar-refractivity contribution in [1.82, 2.24) is 24.8 Å². The number of carbonyl (C=O) groups is 1. The van der Waals surface area contributed by atoms with Crippen molar-refractivity contribution in [2.45, 2.75) is 45.1 Å². The number of fused-ring (bicyclic) bond motifs is 1. The number of hydrogen-bond acceptors (Lipinski definition) is 7. The lowest BCUT2D eigenvalue weighted by Gasteiger charge is -2.33. The maximum Gasteiger partial charge on any atom is 0.407 e. The van der Waals surface area contributed by atoms with E-state index in [1.54, 1.807) is 11.3 Å². The molecule has 4 rings (SSSR count). The molecule has 0 saturated carbocycles. The van der Waals surface area contributed by atoms with Crippen molar-refractivity contribution in [2.24, 2.45) is 0 Å². The van der Waals surface area contributed by atoms with Gasteiger partial charge in [-0.2, -0.15) is 21.0 Å². The Morgan fingerprint density at radius 2 is 2.18 bits per heavy atom. The summed E-state index contributed by atoms with van der Waals surface area (Å²) in [6, 6.07) is 2.11. The van der Waals surface area contributed by atoms with Gasteiger partial charge in [-0.3, -0.25) is 0 Å². The van der Waals surface area contributed by atoms with Gasteiger partial charge in [0.2, 0.25) is 0 Å². The molecule has 0 aromatic carbocycles. The molecule has 34 heavy (non-hydrogen) atoms. The minimum absolute atomic E-state index is 0.290. The minimum atomic E-state index is -0.490. The van der Waals surface area contributed by atoms with E-state index in [-0.39, 0.29) is 6.09 Å². The highest BCUT2D eigenvalue weighted by atomic mass is 79.9. The molecule has 0 spiro atoms. The van der Waals surface area contributed by atoms with Crippen LogP contribution in [0.2, 0.25) is 0 Å². The molecule has 1 fully saturated rings. The molecular formula is C24H33BrN6O2S. The lowest BCUT2D eigenvalue weighted by Crippen LogP contribution is -2.41. The summed E-state index contributed by atoms with van der Waals surface area (Å²) in [5.74, 6) is 1.28. The number of halogens is 1. The zero-order valence-corrected chi connectivity index (χ0v) is 22.9. The van der Waals surface area contributed by atoms with Crippen LogP contribution in [0.1, 0.15) is 45.2 Å². The predicted molar refractivity (Wildman–Crippen MR) is 141 cm³/mol. The summed E-state index contributed by atoms with van der Waals surface area (Å²) in [5, 5.41) is 11.8. The first-order valence-corrected chi connectivity index (χ1v) is 13.3. The monoisotopic (exact) mass is 548 g/mol. The molecule has 10 heteroatoms. The third-order valence-corrected chi connectivity index (χ3v) is 7.28. The molecule has 8 nitrogen and oxygen atoms in total. The minimum Gasteiger partial charge on any atom is -0.444 e. The van der Waals surface area contributed by atoms with E-state index >= 15 is 0 Å². The van der Waals surface area contributed by atoms with Crippen LogP contribution in [0.4, 0.5) is 10.6 Å². The second kappa shape index (κ2) is 10.2. The van der Waals surface area contributed by atoms with Crippen LogP contribution in [-0.2, 0) is 4.74 Å². The molecule has 1 atom stereocenters.